The molecule has 1 atom stereocenters. The zero-order valence-corrected chi connectivity index (χ0v) is 14.0. The first-order chi connectivity index (χ1) is 9.15. The van der Waals surface area contributed by atoms with Gasteiger partial charge in [0.25, 0.3) is 0 Å². The lowest BCUT2D eigenvalue weighted by atomic mass is 9.98. The van der Waals surface area contributed by atoms with Crippen LogP contribution in [0.3, 0.4) is 0 Å². The molecule has 2 aromatic rings. The van der Waals surface area contributed by atoms with E-state index in [2.05, 4.69) is 37.9 Å². The van der Waals surface area contributed by atoms with Gasteiger partial charge in [-0.3, -0.25) is 0 Å². The van der Waals surface area contributed by atoms with E-state index in [9.17, 15) is 5.11 Å². The van der Waals surface area contributed by atoms with Crippen LogP contribution in [-0.2, 0) is 6.42 Å². The van der Waals surface area contributed by atoms with Crippen molar-refractivity contribution in [2.45, 2.75) is 18.9 Å². The highest BCUT2D eigenvalue weighted by molar-refractivity contribution is 9.12. The molecule has 19 heavy (non-hydrogen) atoms. The molecule has 0 radical (unpaired) electrons. The molecular formula is C14H12Br2O2S. The highest BCUT2D eigenvalue weighted by Crippen LogP contribution is 2.38. The van der Waals surface area contributed by atoms with Gasteiger partial charge in [0, 0.05) is 5.56 Å². The Hall–Kier alpha value is -0.360. The first-order valence-electron chi connectivity index (χ1n) is 6.03. The lowest BCUT2D eigenvalue weighted by Gasteiger charge is -2.19. The van der Waals surface area contributed by atoms with Gasteiger partial charge < -0.3 is 9.84 Å². The van der Waals surface area contributed by atoms with Crippen molar-refractivity contribution >= 4 is 43.2 Å². The number of benzene rings is 1. The van der Waals surface area contributed by atoms with Crippen LogP contribution in [0.2, 0.25) is 0 Å². The molecule has 0 aliphatic carbocycles. The van der Waals surface area contributed by atoms with Crippen LogP contribution in [0.5, 0.6) is 5.75 Å². The zero-order chi connectivity index (χ0) is 13.4. The van der Waals surface area contributed by atoms with Crippen molar-refractivity contribution in [3.05, 3.63) is 48.5 Å². The Bertz CT molecular complexity index is 609. The van der Waals surface area contributed by atoms with Gasteiger partial charge in [0.2, 0.25) is 0 Å². The van der Waals surface area contributed by atoms with E-state index in [1.54, 1.807) is 11.3 Å². The molecule has 3 rings (SSSR count). The van der Waals surface area contributed by atoms with E-state index >= 15 is 0 Å². The Kier molecular flexibility index (Phi) is 3.98. The van der Waals surface area contributed by atoms with Gasteiger partial charge in [-0.05, 0) is 74.0 Å². The van der Waals surface area contributed by atoms with Crippen molar-refractivity contribution in [3.63, 3.8) is 0 Å². The van der Waals surface area contributed by atoms with E-state index in [0.717, 1.165) is 43.9 Å². The SMILES string of the molecule is OC(c1ccc2c(c1)CCCO2)c1cc(Br)sc1Br. The highest BCUT2D eigenvalue weighted by Gasteiger charge is 2.19. The largest absolute Gasteiger partial charge is 0.493 e. The molecule has 2 nitrogen and oxygen atoms in total. The smallest absolute Gasteiger partial charge is 0.122 e. The predicted molar refractivity (Wildman–Crippen MR) is 84.0 cm³/mol. The Morgan fingerprint density at radius 2 is 2.11 bits per heavy atom. The third-order valence-corrected chi connectivity index (χ3v) is 5.61. The number of ether oxygens (including phenoxy) is 1. The van der Waals surface area contributed by atoms with Gasteiger partial charge in [0.1, 0.15) is 11.9 Å². The van der Waals surface area contributed by atoms with Crippen LogP contribution in [0.1, 0.15) is 29.2 Å². The van der Waals surface area contributed by atoms with Gasteiger partial charge in [-0.15, -0.1) is 11.3 Å². The molecule has 0 amide bonds. The number of aliphatic hydroxyl groups excluding tert-OH is 1. The van der Waals surface area contributed by atoms with E-state index in [1.165, 1.54) is 5.56 Å². The number of aliphatic hydroxyl groups is 1. The van der Waals surface area contributed by atoms with Crippen LogP contribution in [0.15, 0.2) is 31.8 Å². The summed E-state index contributed by atoms with van der Waals surface area (Å²) >= 11 is 8.50. The molecule has 1 unspecified atom stereocenters. The number of fused-ring (bicyclic) bond motifs is 1. The molecule has 100 valence electrons. The monoisotopic (exact) mass is 402 g/mol. The Morgan fingerprint density at radius 3 is 2.84 bits per heavy atom. The fourth-order valence-electron chi connectivity index (χ4n) is 2.27. The molecule has 0 bridgehead atoms. The Morgan fingerprint density at radius 1 is 1.26 bits per heavy atom. The fourth-order valence-corrected chi connectivity index (χ4v) is 5.15. The summed E-state index contributed by atoms with van der Waals surface area (Å²) in [5.41, 5.74) is 3.00. The molecule has 1 aliphatic heterocycles. The minimum absolute atomic E-state index is 0.607. The summed E-state index contributed by atoms with van der Waals surface area (Å²) in [6.45, 7) is 0.790. The molecule has 2 heterocycles. The molecule has 1 N–H and O–H groups in total. The second-order valence-corrected chi connectivity index (χ2v) is 8.25. The van der Waals surface area contributed by atoms with Gasteiger partial charge in [-0.25, -0.2) is 0 Å². The molecule has 1 aromatic carbocycles. The Balaban J connectivity index is 1.95. The van der Waals surface area contributed by atoms with E-state index in [-0.39, 0.29) is 0 Å². The van der Waals surface area contributed by atoms with E-state index in [0.29, 0.717) is 0 Å². The summed E-state index contributed by atoms with van der Waals surface area (Å²) in [6.07, 6.45) is 1.45. The summed E-state index contributed by atoms with van der Waals surface area (Å²) in [4.78, 5) is 0. The normalized spacial score (nSPS) is 15.7. The minimum Gasteiger partial charge on any atom is -0.493 e. The van der Waals surface area contributed by atoms with Crippen molar-refractivity contribution in [2.75, 3.05) is 6.61 Å². The average Bonchev–Trinajstić information content (AvgIpc) is 2.76. The second kappa shape index (κ2) is 5.56. The summed E-state index contributed by atoms with van der Waals surface area (Å²) < 4.78 is 7.56. The Labute approximate surface area is 132 Å². The second-order valence-electron chi connectivity index (χ2n) is 4.50. The zero-order valence-electron chi connectivity index (χ0n) is 10.0. The molecule has 0 saturated carbocycles. The summed E-state index contributed by atoms with van der Waals surface area (Å²) in [6, 6.07) is 7.90. The van der Waals surface area contributed by atoms with Crippen molar-refractivity contribution in [1.29, 1.82) is 0 Å². The summed E-state index contributed by atoms with van der Waals surface area (Å²) in [5, 5.41) is 10.5. The van der Waals surface area contributed by atoms with Gasteiger partial charge in [0.15, 0.2) is 0 Å². The summed E-state index contributed by atoms with van der Waals surface area (Å²) in [5.74, 6) is 0.952. The van der Waals surface area contributed by atoms with Crippen molar-refractivity contribution in [1.82, 2.24) is 0 Å². The first kappa shape index (κ1) is 13.6. The average molecular weight is 404 g/mol. The van der Waals surface area contributed by atoms with Crippen molar-refractivity contribution in [2.24, 2.45) is 0 Å². The first-order valence-corrected chi connectivity index (χ1v) is 8.44. The molecule has 1 aromatic heterocycles. The van der Waals surface area contributed by atoms with Crippen LogP contribution in [-0.4, -0.2) is 11.7 Å². The van der Waals surface area contributed by atoms with Crippen molar-refractivity contribution < 1.29 is 9.84 Å². The number of hydrogen-bond acceptors (Lipinski definition) is 3. The molecule has 1 aliphatic rings. The fraction of sp³-hybridized carbons (Fsp3) is 0.286. The third kappa shape index (κ3) is 2.75. The summed E-state index contributed by atoms with van der Waals surface area (Å²) in [7, 11) is 0. The standard InChI is InChI=1S/C14H12Br2O2S/c15-12-7-10(14(16)19-12)13(17)9-3-4-11-8(6-9)2-1-5-18-11/h3-4,6-7,13,17H,1-2,5H2. The molecule has 0 spiro atoms. The maximum absolute atomic E-state index is 10.5. The molecule has 0 saturated heterocycles. The highest BCUT2D eigenvalue weighted by atomic mass is 79.9. The third-order valence-electron chi connectivity index (χ3n) is 3.23. The lowest BCUT2D eigenvalue weighted by molar-refractivity contribution is 0.219. The topological polar surface area (TPSA) is 29.5 Å². The van der Waals surface area contributed by atoms with Crippen LogP contribution in [0.25, 0.3) is 0 Å². The molecular weight excluding hydrogens is 392 g/mol. The maximum Gasteiger partial charge on any atom is 0.122 e. The number of halogens is 2. The lowest BCUT2D eigenvalue weighted by Crippen LogP contribution is -2.09. The van der Waals surface area contributed by atoms with Gasteiger partial charge >= 0.3 is 0 Å². The minimum atomic E-state index is -0.607. The maximum atomic E-state index is 10.5. The molecule has 5 heteroatoms. The van der Waals surface area contributed by atoms with Crippen molar-refractivity contribution in [3.8, 4) is 5.75 Å². The van der Waals surface area contributed by atoms with E-state index in [1.807, 2.05) is 18.2 Å². The van der Waals surface area contributed by atoms with Gasteiger partial charge in [0.05, 0.1) is 14.2 Å². The number of hydrogen-bond donors (Lipinski definition) is 1. The molecule has 0 fully saturated rings. The van der Waals surface area contributed by atoms with E-state index in [4.69, 9.17) is 4.74 Å². The predicted octanol–water partition coefficient (Wildman–Crippen LogP) is 4.68. The quantitative estimate of drug-likeness (QED) is 0.788. The van der Waals surface area contributed by atoms with Crippen LogP contribution >= 0.6 is 43.2 Å². The van der Waals surface area contributed by atoms with Crippen LogP contribution < -0.4 is 4.74 Å². The van der Waals surface area contributed by atoms with Gasteiger partial charge in [-0.1, -0.05) is 6.07 Å². The van der Waals surface area contributed by atoms with Crippen LogP contribution in [0.4, 0.5) is 0 Å². The van der Waals surface area contributed by atoms with Gasteiger partial charge in [-0.2, -0.15) is 0 Å². The number of aryl methyl sites for hydroxylation is 1. The number of rotatable bonds is 2. The number of thiophene rings is 1. The van der Waals surface area contributed by atoms with Crippen LogP contribution in [0, 0.1) is 0 Å². The van der Waals surface area contributed by atoms with E-state index < -0.39 is 6.10 Å².